The largest absolute Gasteiger partial charge is 0.399 e. The van der Waals surface area contributed by atoms with E-state index >= 15 is 0 Å². The molecular weight excluding hydrogens is 283 g/mol. The number of nitrogens with one attached hydrogen (secondary N) is 1. The molecule has 4 N–H and O–H groups in total. The van der Waals surface area contributed by atoms with Crippen molar-refractivity contribution in [3.63, 3.8) is 0 Å². The molecule has 0 aliphatic heterocycles. The summed E-state index contributed by atoms with van der Waals surface area (Å²) in [5.41, 5.74) is 5.68. The first-order valence-corrected chi connectivity index (χ1v) is 8.09. The highest BCUT2D eigenvalue weighted by atomic mass is 32.2. The summed E-state index contributed by atoms with van der Waals surface area (Å²) in [6.45, 7) is 0.202. The lowest BCUT2D eigenvalue weighted by molar-refractivity contribution is 0.102. The molecule has 0 amide bonds. The molecular formula is C13H19FN2O3S. The van der Waals surface area contributed by atoms with Gasteiger partial charge in [-0.25, -0.2) is 17.5 Å². The Morgan fingerprint density at radius 3 is 2.85 bits per heavy atom. The Morgan fingerprint density at radius 2 is 2.15 bits per heavy atom. The maximum Gasteiger partial charge on any atom is 0.243 e. The summed E-state index contributed by atoms with van der Waals surface area (Å²) >= 11 is 0. The Kier molecular flexibility index (Phi) is 4.62. The van der Waals surface area contributed by atoms with Gasteiger partial charge in [0.2, 0.25) is 10.0 Å². The minimum atomic E-state index is -3.92. The number of rotatable bonds is 4. The Bertz CT molecular complexity index is 577. The maximum atomic E-state index is 13.6. The fourth-order valence-corrected chi connectivity index (χ4v) is 3.71. The molecule has 1 saturated carbocycles. The van der Waals surface area contributed by atoms with Gasteiger partial charge in [-0.3, -0.25) is 0 Å². The van der Waals surface area contributed by atoms with E-state index in [1.54, 1.807) is 0 Å². The molecule has 0 radical (unpaired) electrons. The van der Waals surface area contributed by atoms with E-state index in [1.807, 2.05) is 0 Å². The van der Waals surface area contributed by atoms with E-state index in [1.165, 1.54) is 6.07 Å². The molecule has 1 aliphatic carbocycles. The minimum absolute atomic E-state index is 0.0812. The number of anilines is 1. The van der Waals surface area contributed by atoms with E-state index in [2.05, 4.69) is 4.72 Å². The Labute approximate surface area is 118 Å². The molecule has 1 fully saturated rings. The molecule has 1 aromatic carbocycles. The number of benzene rings is 1. The Balaban J connectivity index is 2.05. The fourth-order valence-electron chi connectivity index (χ4n) is 2.48. The van der Waals surface area contributed by atoms with Crippen molar-refractivity contribution < 1.29 is 17.9 Å². The number of hydrogen-bond acceptors (Lipinski definition) is 4. The van der Waals surface area contributed by atoms with Crippen LogP contribution in [0.5, 0.6) is 0 Å². The monoisotopic (exact) mass is 302 g/mol. The predicted molar refractivity (Wildman–Crippen MR) is 74.0 cm³/mol. The van der Waals surface area contributed by atoms with Crippen molar-refractivity contribution in [2.75, 3.05) is 12.3 Å². The predicted octanol–water partition coefficient (Wildman–Crippen LogP) is 1.24. The molecule has 0 spiro atoms. The molecule has 20 heavy (non-hydrogen) atoms. The first kappa shape index (κ1) is 15.2. The van der Waals surface area contributed by atoms with Crippen molar-refractivity contribution in [3.8, 4) is 0 Å². The van der Waals surface area contributed by atoms with Gasteiger partial charge in [-0.2, -0.15) is 0 Å². The maximum absolute atomic E-state index is 13.6. The smallest absolute Gasteiger partial charge is 0.243 e. The van der Waals surface area contributed by atoms with Gasteiger partial charge in [0.1, 0.15) is 10.7 Å². The quantitative estimate of drug-likeness (QED) is 0.730. The highest BCUT2D eigenvalue weighted by Gasteiger charge is 2.24. The van der Waals surface area contributed by atoms with Crippen molar-refractivity contribution in [2.45, 2.75) is 36.7 Å². The highest BCUT2D eigenvalue weighted by Crippen LogP contribution is 2.24. The van der Waals surface area contributed by atoms with Crippen molar-refractivity contribution in [1.82, 2.24) is 4.72 Å². The average Bonchev–Trinajstić information content (AvgIpc) is 2.39. The summed E-state index contributed by atoms with van der Waals surface area (Å²) in [7, 11) is -3.92. The second-order valence-corrected chi connectivity index (χ2v) is 6.96. The summed E-state index contributed by atoms with van der Waals surface area (Å²) < 4.78 is 40.1. The van der Waals surface area contributed by atoms with Crippen molar-refractivity contribution in [3.05, 3.63) is 24.0 Å². The summed E-state index contributed by atoms with van der Waals surface area (Å²) in [4.78, 5) is -0.436. The van der Waals surface area contributed by atoms with Crippen LogP contribution in [0.25, 0.3) is 0 Å². The molecule has 5 nitrogen and oxygen atoms in total. The Hall–Kier alpha value is -1.18. The van der Waals surface area contributed by atoms with Crippen LogP contribution >= 0.6 is 0 Å². The molecule has 0 aromatic heterocycles. The second kappa shape index (κ2) is 6.07. The number of hydrogen-bond donors (Lipinski definition) is 3. The molecule has 2 atom stereocenters. The topological polar surface area (TPSA) is 92.4 Å². The molecule has 2 rings (SSSR count). The number of nitrogen functional groups attached to an aromatic ring is 1. The number of nitrogens with two attached hydrogens (primary N) is 1. The number of sulfonamides is 1. The van der Waals surface area contributed by atoms with Gasteiger partial charge in [0, 0.05) is 12.2 Å². The van der Waals surface area contributed by atoms with E-state index in [0.29, 0.717) is 6.42 Å². The molecule has 2 unspecified atom stereocenters. The van der Waals surface area contributed by atoms with Gasteiger partial charge in [0.05, 0.1) is 6.10 Å². The van der Waals surface area contributed by atoms with Gasteiger partial charge in [-0.1, -0.05) is 6.42 Å². The van der Waals surface area contributed by atoms with Crippen molar-refractivity contribution >= 4 is 15.7 Å². The molecule has 1 aromatic rings. The fraction of sp³-hybridized carbons (Fsp3) is 0.538. The lowest BCUT2D eigenvalue weighted by atomic mass is 9.87. The summed E-state index contributed by atoms with van der Waals surface area (Å²) in [6.07, 6.45) is 2.69. The zero-order valence-electron chi connectivity index (χ0n) is 11.0. The first-order chi connectivity index (χ1) is 9.38. The van der Waals surface area contributed by atoms with Gasteiger partial charge >= 0.3 is 0 Å². The SMILES string of the molecule is Nc1ccc(F)c(S(=O)(=O)NCC2CCCC(O)C2)c1. The van der Waals surface area contributed by atoms with Crippen LogP contribution in [0.2, 0.25) is 0 Å². The van der Waals surface area contributed by atoms with Crippen LogP contribution < -0.4 is 10.5 Å². The van der Waals surface area contributed by atoms with Gasteiger partial charge < -0.3 is 10.8 Å². The third-order valence-corrected chi connectivity index (χ3v) is 5.00. The molecule has 0 heterocycles. The third-order valence-electron chi connectivity index (χ3n) is 3.56. The first-order valence-electron chi connectivity index (χ1n) is 6.61. The average molecular weight is 302 g/mol. The van der Waals surface area contributed by atoms with Gasteiger partial charge in [-0.05, 0) is 43.4 Å². The van der Waals surface area contributed by atoms with E-state index in [0.717, 1.165) is 31.4 Å². The molecule has 112 valence electrons. The lowest BCUT2D eigenvalue weighted by Gasteiger charge is -2.25. The molecule has 0 bridgehead atoms. The van der Waals surface area contributed by atoms with Crippen LogP contribution in [-0.2, 0) is 10.0 Å². The third kappa shape index (κ3) is 3.68. The molecule has 0 saturated heterocycles. The van der Waals surface area contributed by atoms with Crippen LogP contribution in [0, 0.1) is 11.7 Å². The lowest BCUT2D eigenvalue weighted by Crippen LogP contribution is -2.33. The standard InChI is InChI=1S/C13H19FN2O3S/c14-12-5-4-10(15)7-13(12)20(18,19)16-8-9-2-1-3-11(17)6-9/h4-5,7,9,11,16-17H,1-3,6,8,15H2. The van der Waals surface area contributed by atoms with Crippen molar-refractivity contribution in [2.24, 2.45) is 5.92 Å². The van der Waals surface area contributed by atoms with Gasteiger partial charge in [0.15, 0.2) is 0 Å². The van der Waals surface area contributed by atoms with Crippen LogP contribution in [0.3, 0.4) is 0 Å². The molecule has 7 heteroatoms. The normalized spacial score (nSPS) is 23.7. The van der Waals surface area contributed by atoms with E-state index in [9.17, 15) is 17.9 Å². The van der Waals surface area contributed by atoms with E-state index in [4.69, 9.17) is 5.73 Å². The summed E-state index contributed by atoms with van der Waals surface area (Å²) in [5, 5.41) is 9.55. The van der Waals surface area contributed by atoms with Gasteiger partial charge in [0.25, 0.3) is 0 Å². The number of aliphatic hydroxyl groups excluding tert-OH is 1. The number of halogens is 1. The van der Waals surface area contributed by atoms with E-state index in [-0.39, 0.29) is 24.3 Å². The zero-order chi connectivity index (χ0) is 14.8. The number of aliphatic hydroxyl groups is 1. The van der Waals surface area contributed by atoms with Crippen molar-refractivity contribution in [1.29, 1.82) is 0 Å². The van der Waals surface area contributed by atoms with Gasteiger partial charge in [-0.15, -0.1) is 0 Å². The minimum Gasteiger partial charge on any atom is -0.399 e. The molecule has 1 aliphatic rings. The summed E-state index contributed by atoms with van der Waals surface area (Å²) in [6, 6.07) is 3.45. The van der Waals surface area contributed by atoms with Crippen LogP contribution in [0.1, 0.15) is 25.7 Å². The van der Waals surface area contributed by atoms with E-state index < -0.39 is 20.7 Å². The van der Waals surface area contributed by atoms with Crippen LogP contribution in [0.4, 0.5) is 10.1 Å². The van der Waals surface area contributed by atoms with Crippen LogP contribution in [0.15, 0.2) is 23.1 Å². The summed E-state index contributed by atoms with van der Waals surface area (Å²) in [5.74, 6) is -0.743. The highest BCUT2D eigenvalue weighted by molar-refractivity contribution is 7.89. The second-order valence-electron chi connectivity index (χ2n) is 5.23. The zero-order valence-corrected chi connectivity index (χ0v) is 11.9. The Morgan fingerprint density at radius 1 is 1.40 bits per heavy atom. The van der Waals surface area contributed by atoms with Crippen LogP contribution in [-0.4, -0.2) is 26.2 Å².